The highest BCUT2D eigenvalue weighted by Gasteiger charge is 2.23. The maximum Gasteiger partial charge on any atom is 0.322 e. The molecule has 0 aromatic rings. The number of hydrazine groups is 1. The molecular formula is C5H10N2O4. The molecule has 0 aliphatic rings. The van der Waals surface area contributed by atoms with Crippen molar-refractivity contribution in [1.29, 1.82) is 0 Å². The van der Waals surface area contributed by atoms with E-state index in [1.54, 1.807) is 0 Å². The summed E-state index contributed by atoms with van der Waals surface area (Å²) in [7, 11) is 1.31. The van der Waals surface area contributed by atoms with E-state index < -0.39 is 24.4 Å². The van der Waals surface area contributed by atoms with E-state index in [-0.39, 0.29) is 0 Å². The van der Waals surface area contributed by atoms with Crippen molar-refractivity contribution in [2.45, 2.75) is 12.5 Å². The van der Waals surface area contributed by atoms with Crippen LogP contribution in [0.1, 0.15) is 6.42 Å². The summed E-state index contributed by atoms with van der Waals surface area (Å²) >= 11 is 0. The maximum atomic E-state index is 10.3. The summed E-state index contributed by atoms with van der Waals surface area (Å²) in [6.07, 6.45) is -0.498. The molecule has 0 saturated carbocycles. The number of nitrogens with two attached hydrogens (primary N) is 1. The average molecular weight is 162 g/mol. The van der Waals surface area contributed by atoms with Gasteiger partial charge in [-0.3, -0.25) is 15.4 Å². The number of aliphatic carboxylic acids is 2. The van der Waals surface area contributed by atoms with Gasteiger partial charge < -0.3 is 10.2 Å². The number of hydrogen-bond acceptors (Lipinski definition) is 4. The fourth-order valence-electron chi connectivity index (χ4n) is 0.571. The highest BCUT2D eigenvalue weighted by molar-refractivity contribution is 5.80. The molecule has 0 saturated heterocycles. The molecule has 0 aliphatic carbocycles. The van der Waals surface area contributed by atoms with E-state index in [2.05, 4.69) is 0 Å². The summed E-state index contributed by atoms with van der Waals surface area (Å²) in [6, 6.07) is -1.16. The quantitative estimate of drug-likeness (QED) is 0.351. The molecule has 0 spiro atoms. The number of likely N-dealkylation sites (N-methyl/N-ethyl adjacent to an activating group) is 1. The molecule has 64 valence electrons. The number of carbonyl (C=O) groups is 2. The van der Waals surface area contributed by atoms with E-state index in [9.17, 15) is 9.59 Å². The molecule has 11 heavy (non-hydrogen) atoms. The van der Waals surface area contributed by atoms with Crippen LogP contribution in [0.3, 0.4) is 0 Å². The number of rotatable bonds is 4. The predicted octanol–water partition coefficient (Wildman–Crippen LogP) is -1.28. The highest BCUT2D eigenvalue weighted by Crippen LogP contribution is 1.97. The van der Waals surface area contributed by atoms with Gasteiger partial charge >= 0.3 is 11.9 Å². The monoisotopic (exact) mass is 162 g/mol. The molecule has 0 heterocycles. The van der Waals surface area contributed by atoms with Gasteiger partial charge in [-0.1, -0.05) is 0 Å². The standard InChI is InChI=1S/C5H10N2O4/c1-7(6)3(5(10)11)2-4(8)9/h3H,2,6H2,1H3,(H,8,9)(H,10,11)/t3-/m0/s1. The number of hydrogen-bond donors (Lipinski definition) is 3. The molecule has 4 N–H and O–H groups in total. The molecule has 0 amide bonds. The minimum atomic E-state index is -1.24. The van der Waals surface area contributed by atoms with E-state index in [0.717, 1.165) is 5.01 Å². The molecule has 6 heteroatoms. The third-order valence-corrected chi connectivity index (χ3v) is 1.14. The fraction of sp³-hybridized carbons (Fsp3) is 0.600. The number of carboxylic acids is 2. The molecule has 0 aliphatic heterocycles. The normalized spacial score (nSPS) is 13.0. The number of carboxylic acid groups (broad SMARTS) is 2. The van der Waals surface area contributed by atoms with Crippen molar-refractivity contribution in [3.63, 3.8) is 0 Å². The smallest absolute Gasteiger partial charge is 0.322 e. The first-order chi connectivity index (χ1) is 4.95. The summed E-state index contributed by atoms with van der Waals surface area (Å²) in [5.41, 5.74) is 0. The molecule has 0 aromatic carbocycles. The van der Waals surface area contributed by atoms with Crippen molar-refractivity contribution < 1.29 is 19.8 Å². The van der Waals surface area contributed by atoms with Crippen molar-refractivity contribution in [2.75, 3.05) is 7.05 Å². The molecule has 0 rings (SSSR count). The van der Waals surface area contributed by atoms with Crippen molar-refractivity contribution in [3.05, 3.63) is 0 Å². The van der Waals surface area contributed by atoms with Crippen LogP contribution in [0.4, 0.5) is 0 Å². The van der Waals surface area contributed by atoms with E-state index in [1.165, 1.54) is 7.05 Å². The number of nitrogens with zero attached hydrogens (tertiary/aromatic N) is 1. The molecule has 6 nitrogen and oxygen atoms in total. The van der Waals surface area contributed by atoms with Crippen LogP contribution in [0.15, 0.2) is 0 Å². The summed E-state index contributed by atoms with van der Waals surface area (Å²) in [6.45, 7) is 0. The van der Waals surface area contributed by atoms with E-state index in [0.29, 0.717) is 0 Å². The lowest BCUT2D eigenvalue weighted by Gasteiger charge is -2.16. The Hall–Kier alpha value is -1.14. The Balaban J connectivity index is 4.12. The SMILES string of the molecule is CN(N)[C@@H](CC(=O)O)C(=O)O. The molecule has 0 aromatic heterocycles. The second kappa shape index (κ2) is 3.89. The molecule has 0 unspecified atom stereocenters. The molecule has 0 bridgehead atoms. The Morgan fingerprint density at radius 1 is 1.55 bits per heavy atom. The minimum absolute atomic E-state index is 0.498. The first-order valence-electron chi connectivity index (χ1n) is 2.87. The predicted molar refractivity (Wildman–Crippen MR) is 35.6 cm³/mol. The second-order valence-corrected chi connectivity index (χ2v) is 2.12. The Kier molecular flexibility index (Phi) is 3.49. The van der Waals surface area contributed by atoms with E-state index in [4.69, 9.17) is 16.1 Å². The first kappa shape index (κ1) is 9.86. The van der Waals surface area contributed by atoms with Crippen LogP contribution in [0.5, 0.6) is 0 Å². The Morgan fingerprint density at radius 3 is 2.09 bits per heavy atom. The van der Waals surface area contributed by atoms with Gasteiger partial charge in [-0.2, -0.15) is 0 Å². The highest BCUT2D eigenvalue weighted by atomic mass is 16.4. The van der Waals surface area contributed by atoms with Gasteiger partial charge in [0, 0.05) is 7.05 Å². The summed E-state index contributed by atoms with van der Waals surface area (Å²) in [5, 5.41) is 17.5. The van der Waals surface area contributed by atoms with Crippen molar-refractivity contribution in [2.24, 2.45) is 5.84 Å². The summed E-state index contributed by atoms with van der Waals surface area (Å²) in [5.74, 6) is 2.65. The zero-order chi connectivity index (χ0) is 9.02. The van der Waals surface area contributed by atoms with Gasteiger partial charge in [0.25, 0.3) is 0 Å². The zero-order valence-corrected chi connectivity index (χ0v) is 6.02. The minimum Gasteiger partial charge on any atom is -0.481 e. The van der Waals surface area contributed by atoms with Crippen LogP contribution in [-0.4, -0.2) is 40.3 Å². The third kappa shape index (κ3) is 3.54. The van der Waals surface area contributed by atoms with Gasteiger partial charge in [-0.15, -0.1) is 0 Å². The van der Waals surface area contributed by atoms with Gasteiger partial charge in [-0.05, 0) is 0 Å². The topological polar surface area (TPSA) is 104 Å². The van der Waals surface area contributed by atoms with Gasteiger partial charge in [0.05, 0.1) is 6.42 Å². The summed E-state index contributed by atoms with van der Waals surface area (Å²) < 4.78 is 0. The zero-order valence-electron chi connectivity index (χ0n) is 6.02. The van der Waals surface area contributed by atoms with Crippen LogP contribution in [0.25, 0.3) is 0 Å². The largest absolute Gasteiger partial charge is 0.481 e. The van der Waals surface area contributed by atoms with Crippen molar-refractivity contribution >= 4 is 11.9 Å². The lowest BCUT2D eigenvalue weighted by molar-refractivity contribution is -0.149. The lowest BCUT2D eigenvalue weighted by Crippen LogP contribution is -2.44. The van der Waals surface area contributed by atoms with Gasteiger partial charge in [0.15, 0.2) is 0 Å². The lowest BCUT2D eigenvalue weighted by atomic mass is 10.2. The Bertz CT molecular complexity index is 168. The molecule has 0 fully saturated rings. The fourth-order valence-corrected chi connectivity index (χ4v) is 0.571. The Labute approximate surface area is 63.2 Å². The van der Waals surface area contributed by atoms with Crippen LogP contribution >= 0.6 is 0 Å². The summed E-state index contributed by atoms with van der Waals surface area (Å²) in [4.78, 5) is 20.4. The van der Waals surface area contributed by atoms with Gasteiger partial charge in [-0.25, -0.2) is 5.01 Å². The van der Waals surface area contributed by atoms with Gasteiger partial charge in [0.2, 0.25) is 0 Å². The van der Waals surface area contributed by atoms with Gasteiger partial charge in [0.1, 0.15) is 6.04 Å². The van der Waals surface area contributed by atoms with Crippen molar-refractivity contribution in [1.82, 2.24) is 5.01 Å². The molecule has 1 atom stereocenters. The van der Waals surface area contributed by atoms with E-state index in [1.807, 2.05) is 0 Å². The molecule has 0 radical (unpaired) electrons. The average Bonchev–Trinajstić information content (AvgIpc) is 1.81. The van der Waals surface area contributed by atoms with Crippen LogP contribution in [0.2, 0.25) is 0 Å². The van der Waals surface area contributed by atoms with Crippen LogP contribution < -0.4 is 5.84 Å². The third-order valence-electron chi connectivity index (χ3n) is 1.14. The Morgan fingerprint density at radius 2 is 2.00 bits per heavy atom. The van der Waals surface area contributed by atoms with E-state index >= 15 is 0 Å². The van der Waals surface area contributed by atoms with Crippen LogP contribution in [0, 0.1) is 0 Å². The first-order valence-corrected chi connectivity index (χ1v) is 2.87. The maximum absolute atomic E-state index is 10.3. The van der Waals surface area contributed by atoms with Crippen LogP contribution in [-0.2, 0) is 9.59 Å². The molecular weight excluding hydrogens is 152 g/mol. The van der Waals surface area contributed by atoms with Crippen molar-refractivity contribution in [3.8, 4) is 0 Å². The second-order valence-electron chi connectivity index (χ2n) is 2.12.